The topological polar surface area (TPSA) is 228 Å². The Morgan fingerprint density at radius 1 is 0.420 bits per heavy atom. The molecule has 2 rings (SSSR count). The maximum absolute atomic E-state index is 13.3. The van der Waals surface area contributed by atoms with Crippen molar-refractivity contribution in [2.75, 3.05) is 19.8 Å². The van der Waals surface area contributed by atoms with E-state index < -0.39 is 86.8 Å². The molecule has 0 aromatic carbocycles. The molecule has 0 saturated carbocycles. The van der Waals surface area contributed by atoms with Crippen LogP contribution in [0.15, 0.2) is 109 Å². The van der Waals surface area contributed by atoms with Crippen molar-refractivity contribution in [2.24, 2.45) is 0 Å². The first-order valence-corrected chi connectivity index (χ1v) is 35.1. The molecule has 14 heteroatoms. The second-order valence-electron chi connectivity index (χ2n) is 24.3. The standard InChI is InChI=1S/C74H127NO13/c1-3-5-7-9-11-13-15-17-19-20-21-22-23-24-25-26-27-28-29-30-31-32-33-34-35-36-37-38-39-40-41-42-44-46-48-50-52-54-56-58-66(79)75-62(63(78)57-55-53-51-49-47-45-43-18-16-14-12-10-8-6-4-2)61-85-73-71(84)69(82)72(65(60-77)87-73)88-74-70(83)68(81)67(80)64(59-76)86-74/h5,7,11,13,16-19,21-22,24-25,27-28,47,49,55,57,62-65,67-74,76-78,80-84H,3-4,6,8-10,12,14-15,20,23,26,29-46,48,50-54,56,58-61H2,1-2H3,(H,75,79)/b7-5-,13-11-,18-16+,19-17-,22-21-,25-24-,28-27-,49-47+,57-55+. The molecular weight excluding hydrogens is 1110 g/mol. The van der Waals surface area contributed by atoms with Crippen LogP contribution in [0.25, 0.3) is 0 Å². The second-order valence-corrected chi connectivity index (χ2v) is 24.3. The number of aliphatic hydroxyl groups is 8. The summed E-state index contributed by atoms with van der Waals surface area (Å²) in [5.74, 6) is -0.254. The fourth-order valence-electron chi connectivity index (χ4n) is 10.9. The molecule has 1 amide bonds. The monoisotopic (exact) mass is 1240 g/mol. The Kier molecular flexibility index (Phi) is 52.8. The van der Waals surface area contributed by atoms with Gasteiger partial charge in [-0.2, -0.15) is 0 Å². The van der Waals surface area contributed by atoms with Gasteiger partial charge < -0.3 is 65.1 Å². The highest BCUT2D eigenvalue weighted by molar-refractivity contribution is 5.76. The maximum Gasteiger partial charge on any atom is 0.220 e. The van der Waals surface area contributed by atoms with Crippen molar-refractivity contribution in [3.05, 3.63) is 109 Å². The van der Waals surface area contributed by atoms with Crippen molar-refractivity contribution < 1.29 is 64.6 Å². The summed E-state index contributed by atoms with van der Waals surface area (Å²) >= 11 is 0. The van der Waals surface area contributed by atoms with E-state index in [2.05, 4.69) is 116 Å². The molecule has 506 valence electrons. The molecule has 0 radical (unpaired) electrons. The molecule has 2 aliphatic heterocycles. The summed E-state index contributed by atoms with van der Waals surface area (Å²) in [5.41, 5.74) is 0. The van der Waals surface area contributed by atoms with Crippen LogP contribution < -0.4 is 5.32 Å². The predicted octanol–water partition coefficient (Wildman–Crippen LogP) is 14.3. The minimum Gasteiger partial charge on any atom is -0.394 e. The van der Waals surface area contributed by atoms with Crippen LogP contribution in [0.2, 0.25) is 0 Å². The smallest absolute Gasteiger partial charge is 0.220 e. The summed E-state index contributed by atoms with van der Waals surface area (Å²) in [6.07, 6.45) is 65.9. The predicted molar refractivity (Wildman–Crippen MR) is 359 cm³/mol. The van der Waals surface area contributed by atoms with Crippen molar-refractivity contribution in [1.82, 2.24) is 5.32 Å². The van der Waals surface area contributed by atoms with Gasteiger partial charge in [0.15, 0.2) is 12.6 Å². The summed E-state index contributed by atoms with van der Waals surface area (Å²) < 4.78 is 22.8. The lowest BCUT2D eigenvalue weighted by Crippen LogP contribution is -2.65. The van der Waals surface area contributed by atoms with Gasteiger partial charge in [0.2, 0.25) is 5.91 Å². The van der Waals surface area contributed by atoms with Gasteiger partial charge in [-0.3, -0.25) is 4.79 Å². The molecule has 14 nitrogen and oxygen atoms in total. The molecule has 2 heterocycles. The Bertz CT molecular complexity index is 1890. The van der Waals surface area contributed by atoms with Gasteiger partial charge in [0.05, 0.1) is 32.0 Å². The molecule has 88 heavy (non-hydrogen) atoms. The number of carbonyl (C=O) groups is 1. The van der Waals surface area contributed by atoms with Gasteiger partial charge in [-0.15, -0.1) is 0 Å². The fourth-order valence-corrected chi connectivity index (χ4v) is 10.9. The van der Waals surface area contributed by atoms with Crippen molar-refractivity contribution in [2.45, 2.75) is 331 Å². The lowest BCUT2D eigenvalue weighted by Gasteiger charge is -2.46. The van der Waals surface area contributed by atoms with Gasteiger partial charge in [0.25, 0.3) is 0 Å². The lowest BCUT2D eigenvalue weighted by molar-refractivity contribution is -0.359. The zero-order chi connectivity index (χ0) is 63.8. The van der Waals surface area contributed by atoms with Crippen LogP contribution in [0, 0.1) is 0 Å². The summed E-state index contributed by atoms with van der Waals surface area (Å²) in [6, 6.07) is -0.942. The third-order valence-electron chi connectivity index (χ3n) is 16.4. The Morgan fingerprint density at radius 2 is 0.795 bits per heavy atom. The third-order valence-corrected chi connectivity index (χ3v) is 16.4. The van der Waals surface area contributed by atoms with E-state index in [0.717, 1.165) is 83.5 Å². The number of aliphatic hydroxyl groups excluding tert-OH is 8. The summed E-state index contributed by atoms with van der Waals surface area (Å²) in [4.78, 5) is 13.3. The summed E-state index contributed by atoms with van der Waals surface area (Å²) in [7, 11) is 0. The third kappa shape index (κ3) is 41.2. The normalized spacial score (nSPS) is 23.8. The number of ether oxygens (including phenoxy) is 4. The van der Waals surface area contributed by atoms with Crippen molar-refractivity contribution >= 4 is 5.91 Å². The molecular formula is C74H127NO13. The largest absolute Gasteiger partial charge is 0.394 e. The van der Waals surface area contributed by atoms with Gasteiger partial charge in [-0.1, -0.05) is 264 Å². The molecule has 0 aromatic rings. The van der Waals surface area contributed by atoms with Crippen molar-refractivity contribution in [3.63, 3.8) is 0 Å². The average molecular weight is 1240 g/mol. The van der Waals surface area contributed by atoms with E-state index in [1.807, 2.05) is 6.08 Å². The summed E-state index contributed by atoms with van der Waals surface area (Å²) in [5, 5.41) is 87.2. The highest BCUT2D eigenvalue weighted by Gasteiger charge is 2.51. The molecule has 12 atom stereocenters. The minimum atomic E-state index is -1.80. The van der Waals surface area contributed by atoms with E-state index in [-0.39, 0.29) is 18.9 Å². The van der Waals surface area contributed by atoms with Gasteiger partial charge in [0, 0.05) is 6.42 Å². The summed E-state index contributed by atoms with van der Waals surface area (Å²) in [6.45, 7) is 2.64. The van der Waals surface area contributed by atoms with Crippen molar-refractivity contribution in [1.29, 1.82) is 0 Å². The number of unbranched alkanes of at least 4 members (excludes halogenated alkanes) is 27. The Hall–Kier alpha value is -3.35. The van der Waals surface area contributed by atoms with Gasteiger partial charge in [-0.25, -0.2) is 0 Å². The number of rotatable bonds is 56. The van der Waals surface area contributed by atoms with E-state index in [9.17, 15) is 45.6 Å². The maximum atomic E-state index is 13.3. The van der Waals surface area contributed by atoms with Crippen LogP contribution in [-0.2, 0) is 23.7 Å². The Morgan fingerprint density at radius 3 is 1.25 bits per heavy atom. The number of hydrogen-bond donors (Lipinski definition) is 9. The Balaban J connectivity index is 1.59. The highest BCUT2D eigenvalue weighted by Crippen LogP contribution is 2.30. The molecule has 0 aromatic heterocycles. The number of carbonyl (C=O) groups excluding carboxylic acids is 1. The van der Waals surface area contributed by atoms with E-state index in [4.69, 9.17) is 18.9 Å². The van der Waals surface area contributed by atoms with Crippen LogP contribution >= 0.6 is 0 Å². The lowest BCUT2D eigenvalue weighted by atomic mass is 9.97. The van der Waals surface area contributed by atoms with Crippen LogP contribution in [0.5, 0.6) is 0 Å². The van der Waals surface area contributed by atoms with Crippen LogP contribution in [-0.4, -0.2) is 140 Å². The van der Waals surface area contributed by atoms with E-state index in [1.54, 1.807) is 6.08 Å². The van der Waals surface area contributed by atoms with Gasteiger partial charge in [-0.05, 0) is 96.3 Å². The van der Waals surface area contributed by atoms with Crippen LogP contribution in [0.3, 0.4) is 0 Å². The highest BCUT2D eigenvalue weighted by atomic mass is 16.7. The first-order chi connectivity index (χ1) is 43.1. The number of amides is 1. The van der Waals surface area contributed by atoms with Gasteiger partial charge >= 0.3 is 0 Å². The first-order valence-electron chi connectivity index (χ1n) is 35.1. The number of hydrogen-bond acceptors (Lipinski definition) is 13. The minimum absolute atomic E-state index is 0.254. The quantitative estimate of drug-likeness (QED) is 0.0204. The second kappa shape index (κ2) is 57.5. The molecule has 0 spiro atoms. The molecule has 2 saturated heterocycles. The van der Waals surface area contributed by atoms with E-state index in [0.29, 0.717) is 12.8 Å². The number of allylic oxidation sites excluding steroid dienone is 17. The molecule has 2 aliphatic rings. The Labute approximate surface area is 534 Å². The van der Waals surface area contributed by atoms with Gasteiger partial charge in [0.1, 0.15) is 48.8 Å². The molecule has 2 fully saturated rings. The SMILES string of the molecule is CC/C=C\C/C=C\C/C=C\C/C=C\C/C=C\C/C=C\CCCCCCCCCCCCCCCCCCCCCCC(=O)NC(COC1OC(CO)C(OC2OC(CO)C(O)C(O)C2O)C(O)C1O)C(O)/C=C/CC/C=C/CC/C=C/CCCCCCC. The molecule has 9 N–H and O–H groups in total. The van der Waals surface area contributed by atoms with Crippen LogP contribution in [0.4, 0.5) is 0 Å². The van der Waals surface area contributed by atoms with Crippen LogP contribution in [0.1, 0.15) is 258 Å². The zero-order valence-corrected chi connectivity index (χ0v) is 54.9. The molecule has 0 bridgehead atoms. The molecule has 0 aliphatic carbocycles. The average Bonchev–Trinajstić information content (AvgIpc) is 2.99. The van der Waals surface area contributed by atoms with E-state index in [1.165, 1.54) is 141 Å². The zero-order valence-electron chi connectivity index (χ0n) is 54.9. The number of nitrogens with one attached hydrogen (secondary N) is 1. The van der Waals surface area contributed by atoms with Crippen molar-refractivity contribution in [3.8, 4) is 0 Å². The molecule has 12 unspecified atom stereocenters. The van der Waals surface area contributed by atoms with E-state index >= 15 is 0 Å². The first kappa shape index (κ1) is 80.7. The fraction of sp³-hybridized carbons (Fsp3) is 0.743.